The van der Waals surface area contributed by atoms with Gasteiger partial charge in [-0.05, 0) is 36.8 Å². The molecule has 1 aromatic rings. The van der Waals surface area contributed by atoms with Crippen LogP contribution in [0.1, 0.15) is 31.7 Å². The van der Waals surface area contributed by atoms with Crippen LogP contribution in [0.5, 0.6) is 0 Å². The summed E-state index contributed by atoms with van der Waals surface area (Å²) in [5.74, 6) is 2.01. The Labute approximate surface area is 97.7 Å². The number of nitrogens with two attached hydrogens (primary N) is 1. The minimum absolute atomic E-state index is 0.573. The van der Waals surface area contributed by atoms with E-state index in [4.69, 9.17) is 5.73 Å². The topological polar surface area (TPSA) is 42.1 Å². The molecule has 1 aliphatic carbocycles. The van der Waals surface area contributed by atoms with E-state index >= 15 is 0 Å². The van der Waals surface area contributed by atoms with Gasteiger partial charge in [0.1, 0.15) is 5.82 Å². The van der Waals surface area contributed by atoms with Crippen molar-refractivity contribution < 1.29 is 0 Å². The van der Waals surface area contributed by atoms with E-state index < -0.39 is 0 Å². The predicted octanol–water partition coefficient (Wildman–Crippen LogP) is 2.17. The van der Waals surface area contributed by atoms with E-state index in [9.17, 15) is 0 Å². The number of anilines is 1. The van der Waals surface area contributed by atoms with E-state index in [-0.39, 0.29) is 0 Å². The van der Waals surface area contributed by atoms with E-state index in [2.05, 4.69) is 28.9 Å². The van der Waals surface area contributed by atoms with Crippen molar-refractivity contribution in [2.75, 3.05) is 18.0 Å². The fourth-order valence-electron chi connectivity index (χ4n) is 1.91. The van der Waals surface area contributed by atoms with Gasteiger partial charge in [0, 0.05) is 25.8 Å². The Morgan fingerprint density at radius 2 is 2.25 bits per heavy atom. The lowest BCUT2D eigenvalue weighted by Gasteiger charge is -2.23. The first-order chi connectivity index (χ1) is 7.83. The zero-order chi connectivity index (χ0) is 11.4. The van der Waals surface area contributed by atoms with Gasteiger partial charge in [0.25, 0.3) is 0 Å². The number of aromatic nitrogens is 1. The second-order valence-corrected chi connectivity index (χ2v) is 4.62. The summed E-state index contributed by atoms with van der Waals surface area (Å²) < 4.78 is 0. The molecule has 0 spiro atoms. The summed E-state index contributed by atoms with van der Waals surface area (Å²) in [6, 6.07) is 4.18. The number of pyridine rings is 1. The van der Waals surface area contributed by atoms with Crippen LogP contribution in [0.15, 0.2) is 18.3 Å². The van der Waals surface area contributed by atoms with Gasteiger partial charge >= 0.3 is 0 Å². The average molecular weight is 219 g/mol. The molecule has 1 heterocycles. The summed E-state index contributed by atoms with van der Waals surface area (Å²) in [5, 5.41) is 0. The first kappa shape index (κ1) is 11.4. The Balaban J connectivity index is 2.03. The van der Waals surface area contributed by atoms with Crippen LogP contribution in [0.2, 0.25) is 0 Å². The van der Waals surface area contributed by atoms with Gasteiger partial charge in [0.15, 0.2) is 0 Å². The summed E-state index contributed by atoms with van der Waals surface area (Å²) in [5.41, 5.74) is 6.68. The molecule has 0 saturated heterocycles. The number of rotatable bonds is 6. The predicted molar refractivity (Wildman–Crippen MR) is 67.4 cm³/mol. The minimum atomic E-state index is 0.573. The van der Waals surface area contributed by atoms with Crippen molar-refractivity contribution in [3.63, 3.8) is 0 Å². The molecule has 16 heavy (non-hydrogen) atoms. The van der Waals surface area contributed by atoms with Crippen LogP contribution in [0.4, 0.5) is 5.82 Å². The third-order valence-electron chi connectivity index (χ3n) is 3.04. The third kappa shape index (κ3) is 2.95. The Morgan fingerprint density at radius 3 is 2.75 bits per heavy atom. The molecule has 1 aromatic heterocycles. The molecule has 3 heteroatoms. The molecular formula is C13H21N3. The highest BCUT2D eigenvalue weighted by Gasteiger charge is 2.24. The first-order valence-corrected chi connectivity index (χ1v) is 6.23. The SMILES string of the molecule is CCCN(CC1CC1)c1ccc(CN)cn1. The quantitative estimate of drug-likeness (QED) is 0.797. The molecule has 1 fully saturated rings. The van der Waals surface area contributed by atoms with E-state index in [1.165, 1.54) is 25.8 Å². The van der Waals surface area contributed by atoms with E-state index in [1.54, 1.807) is 0 Å². The molecule has 88 valence electrons. The maximum absolute atomic E-state index is 5.57. The zero-order valence-electron chi connectivity index (χ0n) is 10.0. The molecule has 0 aliphatic heterocycles. The average Bonchev–Trinajstić information content (AvgIpc) is 3.13. The summed E-state index contributed by atoms with van der Waals surface area (Å²) in [4.78, 5) is 6.90. The fraction of sp³-hybridized carbons (Fsp3) is 0.615. The van der Waals surface area contributed by atoms with Gasteiger partial charge in [-0.2, -0.15) is 0 Å². The molecule has 0 radical (unpaired) electrons. The number of hydrogen-bond donors (Lipinski definition) is 1. The van der Waals surface area contributed by atoms with Crippen molar-refractivity contribution in [1.82, 2.24) is 4.98 Å². The van der Waals surface area contributed by atoms with Gasteiger partial charge in [0.05, 0.1) is 0 Å². The standard InChI is InChI=1S/C13H21N3/c1-2-7-16(10-11-3-4-11)13-6-5-12(8-14)9-15-13/h5-6,9,11H,2-4,7-8,10,14H2,1H3. The Kier molecular flexibility index (Phi) is 3.78. The lowest BCUT2D eigenvalue weighted by Crippen LogP contribution is -2.27. The van der Waals surface area contributed by atoms with Crippen molar-refractivity contribution in [3.8, 4) is 0 Å². The molecule has 2 N–H and O–H groups in total. The number of hydrogen-bond acceptors (Lipinski definition) is 3. The maximum Gasteiger partial charge on any atom is 0.128 e. The summed E-state index contributed by atoms with van der Waals surface area (Å²) in [7, 11) is 0. The van der Waals surface area contributed by atoms with Crippen LogP contribution in [0.25, 0.3) is 0 Å². The van der Waals surface area contributed by atoms with Crippen molar-refractivity contribution >= 4 is 5.82 Å². The van der Waals surface area contributed by atoms with Crippen molar-refractivity contribution in [3.05, 3.63) is 23.9 Å². The van der Waals surface area contributed by atoms with Crippen molar-refractivity contribution in [1.29, 1.82) is 0 Å². The summed E-state index contributed by atoms with van der Waals surface area (Å²) >= 11 is 0. The molecule has 1 saturated carbocycles. The first-order valence-electron chi connectivity index (χ1n) is 6.23. The van der Waals surface area contributed by atoms with Gasteiger partial charge in [-0.1, -0.05) is 13.0 Å². The van der Waals surface area contributed by atoms with Gasteiger partial charge in [-0.15, -0.1) is 0 Å². The van der Waals surface area contributed by atoms with Crippen LogP contribution in [0.3, 0.4) is 0 Å². The molecule has 0 unspecified atom stereocenters. The van der Waals surface area contributed by atoms with Gasteiger partial charge in [-0.25, -0.2) is 4.98 Å². The van der Waals surface area contributed by atoms with Crippen LogP contribution < -0.4 is 10.6 Å². The maximum atomic E-state index is 5.57. The highest BCUT2D eigenvalue weighted by atomic mass is 15.2. The smallest absolute Gasteiger partial charge is 0.128 e. The van der Waals surface area contributed by atoms with Crippen LogP contribution in [-0.4, -0.2) is 18.1 Å². The van der Waals surface area contributed by atoms with Gasteiger partial charge in [-0.3, -0.25) is 0 Å². The molecule has 3 nitrogen and oxygen atoms in total. The van der Waals surface area contributed by atoms with E-state index in [0.717, 1.165) is 23.8 Å². The second kappa shape index (κ2) is 5.30. The van der Waals surface area contributed by atoms with Gasteiger partial charge in [0.2, 0.25) is 0 Å². The highest BCUT2D eigenvalue weighted by Crippen LogP contribution is 2.31. The van der Waals surface area contributed by atoms with E-state index in [0.29, 0.717) is 6.54 Å². The van der Waals surface area contributed by atoms with Crippen molar-refractivity contribution in [2.45, 2.75) is 32.7 Å². The van der Waals surface area contributed by atoms with Gasteiger partial charge < -0.3 is 10.6 Å². The molecular weight excluding hydrogens is 198 g/mol. The van der Waals surface area contributed by atoms with E-state index in [1.807, 2.05) is 6.20 Å². The summed E-state index contributed by atoms with van der Waals surface area (Å²) in [6.07, 6.45) is 5.85. The van der Waals surface area contributed by atoms with Crippen LogP contribution >= 0.6 is 0 Å². The summed E-state index contributed by atoms with van der Waals surface area (Å²) in [6.45, 7) is 5.06. The molecule has 0 aromatic carbocycles. The zero-order valence-corrected chi connectivity index (χ0v) is 10.0. The largest absolute Gasteiger partial charge is 0.356 e. The Hall–Kier alpha value is -1.09. The second-order valence-electron chi connectivity index (χ2n) is 4.62. The van der Waals surface area contributed by atoms with Crippen molar-refractivity contribution in [2.24, 2.45) is 11.7 Å². The highest BCUT2D eigenvalue weighted by molar-refractivity contribution is 5.39. The number of nitrogens with zero attached hydrogens (tertiary/aromatic N) is 2. The lowest BCUT2D eigenvalue weighted by molar-refractivity contribution is 0.699. The fourth-order valence-corrected chi connectivity index (χ4v) is 1.91. The minimum Gasteiger partial charge on any atom is -0.356 e. The molecule has 2 rings (SSSR count). The normalized spacial score (nSPS) is 15.1. The molecule has 0 amide bonds. The Bertz CT molecular complexity index is 316. The molecule has 0 bridgehead atoms. The molecule has 0 atom stereocenters. The Morgan fingerprint density at radius 1 is 1.44 bits per heavy atom. The third-order valence-corrected chi connectivity index (χ3v) is 3.04. The van der Waals surface area contributed by atoms with Crippen LogP contribution in [0, 0.1) is 5.92 Å². The lowest BCUT2D eigenvalue weighted by atomic mass is 10.2. The van der Waals surface area contributed by atoms with Crippen LogP contribution in [-0.2, 0) is 6.54 Å². The monoisotopic (exact) mass is 219 g/mol. The molecule has 1 aliphatic rings.